The molecule has 5 rings (SSSR count). The second kappa shape index (κ2) is 8.23. The van der Waals surface area contributed by atoms with Crippen LogP contribution >= 0.6 is 12.2 Å². The van der Waals surface area contributed by atoms with Gasteiger partial charge < -0.3 is 14.8 Å². The molecule has 2 aliphatic rings. The number of aromatic nitrogens is 2. The van der Waals surface area contributed by atoms with Crippen LogP contribution in [0.25, 0.3) is 0 Å². The molecule has 1 N–H and O–H groups in total. The second-order valence-corrected chi connectivity index (χ2v) is 8.85. The van der Waals surface area contributed by atoms with E-state index in [0.29, 0.717) is 6.04 Å². The van der Waals surface area contributed by atoms with Crippen molar-refractivity contribution in [3.05, 3.63) is 83.9 Å². The fourth-order valence-corrected chi connectivity index (χ4v) is 5.41. The van der Waals surface area contributed by atoms with Gasteiger partial charge in [0.2, 0.25) is 0 Å². The van der Waals surface area contributed by atoms with Crippen LogP contribution in [-0.4, -0.2) is 14.7 Å². The predicted octanol–water partition coefficient (Wildman–Crippen LogP) is 5.87. The van der Waals surface area contributed by atoms with E-state index < -0.39 is 0 Å². The van der Waals surface area contributed by atoms with Gasteiger partial charge in [0.25, 0.3) is 0 Å². The van der Waals surface area contributed by atoms with Crippen molar-refractivity contribution >= 4 is 23.0 Å². The van der Waals surface area contributed by atoms with E-state index in [9.17, 15) is 0 Å². The summed E-state index contributed by atoms with van der Waals surface area (Å²) in [7, 11) is 0. The molecule has 2 fully saturated rings. The lowest BCUT2D eigenvalue weighted by atomic mass is 9.94. The topological polar surface area (TPSA) is 33.1 Å². The fraction of sp³-hybridized carbons (Fsp3) is 0.360. The first-order valence-corrected chi connectivity index (χ1v) is 11.4. The van der Waals surface area contributed by atoms with Crippen molar-refractivity contribution in [2.75, 3.05) is 4.90 Å². The summed E-state index contributed by atoms with van der Waals surface area (Å²) < 4.78 is 2.51. The van der Waals surface area contributed by atoms with Gasteiger partial charge in [-0.3, -0.25) is 4.98 Å². The number of anilines is 1. The van der Waals surface area contributed by atoms with Gasteiger partial charge in [-0.05, 0) is 73.9 Å². The van der Waals surface area contributed by atoms with Crippen LogP contribution < -0.4 is 10.2 Å². The maximum Gasteiger partial charge on any atom is 0.174 e. The van der Waals surface area contributed by atoms with Crippen molar-refractivity contribution < 1.29 is 0 Å². The molecular formula is C25H28N4S. The number of pyridine rings is 1. The van der Waals surface area contributed by atoms with Crippen molar-refractivity contribution in [3.8, 4) is 0 Å². The van der Waals surface area contributed by atoms with E-state index in [4.69, 9.17) is 12.2 Å². The Morgan fingerprint density at radius 1 is 1.00 bits per heavy atom. The van der Waals surface area contributed by atoms with Gasteiger partial charge in [0.1, 0.15) is 6.04 Å². The number of rotatable bonds is 4. The summed E-state index contributed by atoms with van der Waals surface area (Å²) in [4.78, 5) is 6.97. The number of hydrogen-bond donors (Lipinski definition) is 1. The molecule has 0 bridgehead atoms. The van der Waals surface area contributed by atoms with E-state index in [1.807, 2.05) is 12.3 Å². The number of nitrogens with one attached hydrogen (secondary N) is 1. The average molecular weight is 417 g/mol. The third-order valence-electron chi connectivity index (χ3n) is 6.46. The molecule has 0 radical (unpaired) electrons. The predicted molar refractivity (Wildman–Crippen MR) is 126 cm³/mol. The van der Waals surface area contributed by atoms with Crippen LogP contribution in [0.1, 0.15) is 67.2 Å². The van der Waals surface area contributed by atoms with Gasteiger partial charge in [0.15, 0.2) is 5.11 Å². The molecule has 4 nitrogen and oxygen atoms in total. The Morgan fingerprint density at radius 2 is 1.87 bits per heavy atom. The highest BCUT2D eigenvalue weighted by Crippen LogP contribution is 2.43. The molecule has 0 unspecified atom stereocenters. The molecule has 0 spiro atoms. The van der Waals surface area contributed by atoms with Crippen molar-refractivity contribution in [1.82, 2.24) is 14.9 Å². The van der Waals surface area contributed by atoms with Crippen molar-refractivity contribution in [2.45, 2.75) is 57.2 Å². The minimum Gasteiger partial charge on any atom is -0.351 e. The first-order chi connectivity index (χ1) is 14.7. The van der Waals surface area contributed by atoms with E-state index in [1.165, 1.54) is 43.4 Å². The third-order valence-corrected chi connectivity index (χ3v) is 6.78. The van der Waals surface area contributed by atoms with Gasteiger partial charge in [-0.1, -0.05) is 37.5 Å². The maximum absolute atomic E-state index is 5.87. The van der Waals surface area contributed by atoms with E-state index in [2.05, 4.69) is 81.4 Å². The average Bonchev–Trinajstić information content (AvgIpc) is 3.39. The summed E-state index contributed by atoms with van der Waals surface area (Å²) in [5, 5.41) is 4.35. The molecule has 1 saturated heterocycles. The second-order valence-electron chi connectivity index (χ2n) is 8.47. The zero-order valence-corrected chi connectivity index (χ0v) is 18.2. The summed E-state index contributed by atoms with van der Waals surface area (Å²) in [6.07, 6.45) is 10.6. The largest absolute Gasteiger partial charge is 0.351 e. The van der Waals surface area contributed by atoms with Crippen molar-refractivity contribution in [3.63, 3.8) is 0 Å². The van der Waals surface area contributed by atoms with Gasteiger partial charge in [-0.2, -0.15) is 0 Å². The highest BCUT2D eigenvalue weighted by Gasteiger charge is 2.42. The lowest BCUT2D eigenvalue weighted by Crippen LogP contribution is -2.31. The van der Waals surface area contributed by atoms with Gasteiger partial charge in [-0.15, -0.1) is 0 Å². The molecule has 1 aliphatic heterocycles. The van der Waals surface area contributed by atoms with Crippen molar-refractivity contribution in [1.29, 1.82) is 0 Å². The van der Waals surface area contributed by atoms with Gasteiger partial charge in [0.05, 0.1) is 11.7 Å². The number of hydrogen-bond acceptors (Lipinski definition) is 2. The van der Waals surface area contributed by atoms with E-state index in [1.54, 1.807) is 0 Å². The molecule has 5 heteroatoms. The number of benzene rings is 1. The van der Waals surface area contributed by atoms with Crippen LogP contribution in [0.2, 0.25) is 0 Å². The summed E-state index contributed by atoms with van der Waals surface area (Å²) in [5.74, 6) is 0. The standard InChI is InChI=1S/C25H28N4S/c1-18-9-7-12-20(17-18)29-24(23(27-25(29)30)21-13-5-6-15-26-21)22-14-8-16-28(22)19-10-3-2-4-11-19/h5-9,12-17,19,23-24H,2-4,10-11H2,1H3,(H,27,30)/t23-,24-/m1/s1. The maximum atomic E-state index is 5.87. The number of aryl methyl sites for hydroxylation is 1. The van der Waals surface area contributed by atoms with Crippen LogP contribution in [0.5, 0.6) is 0 Å². The molecular weight excluding hydrogens is 388 g/mol. The monoisotopic (exact) mass is 416 g/mol. The molecule has 0 amide bonds. The summed E-state index contributed by atoms with van der Waals surface area (Å²) in [6, 6.07) is 19.8. The Kier molecular flexibility index (Phi) is 5.30. The molecule has 2 aromatic heterocycles. The summed E-state index contributed by atoms with van der Waals surface area (Å²) in [5.41, 5.74) is 4.70. The highest BCUT2D eigenvalue weighted by atomic mass is 32.1. The molecule has 2 atom stereocenters. The molecule has 1 aliphatic carbocycles. The first-order valence-electron chi connectivity index (χ1n) is 11.0. The Balaban J connectivity index is 1.62. The zero-order valence-electron chi connectivity index (χ0n) is 17.4. The van der Waals surface area contributed by atoms with Crippen LogP contribution in [0.15, 0.2) is 67.0 Å². The van der Waals surface area contributed by atoms with Crippen LogP contribution in [0, 0.1) is 6.92 Å². The third kappa shape index (κ3) is 3.52. The lowest BCUT2D eigenvalue weighted by molar-refractivity contribution is 0.340. The Hall–Kier alpha value is -2.66. The Labute approximate surface area is 183 Å². The molecule has 1 aromatic carbocycles. The lowest BCUT2D eigenvalue weighted by Gasteiger charge is -2.32. The normalized spacial score (nSPS) is 22.3. The van der Waals surface area contributed by atoms with E-state index in [0.717, 1.165) is 16.5 Å². The first kappa shape index (κ1) is 19.3. The summed E-state index contributed by atoms with van der Waals surface area (Å²) in [6.45, 7) is 2.13. The molecule has 1 saturated carbocycles. The fourth-order valence-electron chi connectivity index (χ4n) is 5.06. The number of nitrogens with zero attached hydrogens (tertiary/aromatic N) is 3. The minimum absolute atomic E-state index is 0.0106. The Bertz CT molecular complexity index is 1020. The zero-order chi connectivity index (χ0) is 20.5. The highest BCUT2D eigenvalue weighted by molar-refractivity contribution is 7.80. The van der Waals surface area contributed by atoms with Crippen LogP contribution in [0.3, 0.4) is 0 Å². The van der Waals surface area contributed by atoms with Gasteiger partial charge in [0, 0.05) is 29.8 Å². The van der Waals surface area contributed by atoms with Gasteiger partial charge in [-0.25, -0.2) is 0 Å². The van der Waals surface area contributed by atoms with E-state index in [-0.39, 0.29) is 12.1 Å². The summed E-state index contributed by atoms with van der Waals surface area (Å²) >= 11 is 5.87. The van der Waals surface area contributed by atoms with Crippen molar-refractivity contribution in [2.24, 2.45) is 0 Å². The molecule has 3 aromatic rings. The molecule has 30 heavy (non-hydrogen) atoms. The quantitative estimate of drug-likeness (QED) is 0.539. The smallest absolute Gasteiger partial charge is 0.174 e. The Morgan fingerprint density at radius 3 is 2.63 bits per heavy atom. The SMILES string of the molecule is Cc1cccc(N2C(=S)N[C@H](c3ccccn3)[C@H]2c2cccn2C2CCCCC2)c1. The minimum atomic E-state index is 0.0106. The van der Waals surface area contributed by atoms with E-state index >= 15 is 0 Å². The van der Waals surface area contributed by atoms with Crippen LogP contribution in [-0.2, 0) is 0 Å². The van der Waals surface area contributed by atoms with Crippen LogP contribution in [0.4, 0.5) is 5.69 Å². The van der Waals surface area contributed by atoms with Gasteiger partial charge >= 0.3 is 0 Å². The molecule has 154 valence electrons. The molecule has 3 heterocycles. The number of thiocarbonyl (C=S) groups is 1.